The Balaban J connectivity index is 3.63. The maximum absolute atomic E-state index is 12.0. The van der Waals surface area contributed by atoms with Crippen molar-refractivity contribution in [2.24, 2.45) is 0 Å². The second kappa shape index (κ2) is 6.99. The summed E-state index contributed by atoms with van der Waals surface area (Å²) >= 11 is 0. The zero-order valence-corrected chi connectivity index (χ0v) is 12.6. The topological polar surface area (TPSA) is 120 Å². The quantitative estimate of drug-likeness (QED) is 0.285. The Morgan fingerprint density at radius 3 is 2.62 bits per heavy atom. The van der Waals surface area contributed by atoms with Gasteiger partial charge in [-0.05, 0) is 13.6 Å². The Hall–Kier alpha value is -2.21. The predicted molar refractivity (Wildman–Crippen MR) is 77.0 cm³/mol. The number of hydrogen-bond donors (Lipinski definition) is 1. The average Bonchev–Trinajstić information content (AvgIpc) is 2.37. The summed E-state index contributed by atoms with van der Waals surface area (Å²) in [5.74, 6) is -2.39. The number of aliphatic hydroxyl groups excluding tert-OH is 1. The second-order valence-corrected chi connectivity index (χ2v) is 4.84. The van der Waals surface area contributed by atoms with Crippen LogP contribution in [0.2, 0.25) is 0 Å². The fraction of sp³-hybridized carbons (Fsp3) is 0.333. The van der Waals surface area contributed by atoms with E-state index in [0.717, 1.165) is 13.0 Å². The summed E-state index contributed by atoms with van der Waals surface area (Å²) in [7, 11) is -0.111. The summed E-state index contributed by atoms with van der Waals surface area (Å²) in [5, 5.41) is 20.5. The van der Waals surface area contributed by atoms with Crippen molar-refractivity contribution >= 4 is 25.6 Å². The Labute approximate surface area is 121 Å². The minimum atomic E-state index is -0.903. The number of esters is 1. The molecular formula is C12H14NO7P. The molecule has 0 aliphatic heterocycles. The van der Waals surface area contributed by atoms with E-state index in [2.05, 4.69) is 0 Å². The molecule has 9 heteroatoms. The van der Waals surface area contributed by atoms with Crippen LogP contribution in [0.4, 0.5) is 0 Å². The van der Waals surface area contributed by atoms with E-state index in [9.17, 15) is 24.8 Å². The second-order valence-electron chi connectivity index (χ2n) is 3.84. The van der Waals surface area contributed by atoms with Gasteiger partial charge >= 0.3 is 11.7 Å². The van der Waals surface area contributed by atoms with Crippen molar-refractivity contribution in [1.82, 2.24) is 0 Å². The van der Waals surface area contributed by atoms with Crippen LogP contribution in [0.1, 0.15) is 30.2 Å². The van der Waals surface area contributed by atoms with Gasteiger partial charge < -0.3 is 14.3 Å². The normalized spacial score (nSPS) is 12.3. The zero-order chi connectivity index (χ0) is 16.2. The first-order valence-electron chi connectivity index (χ1n) is 5.91. The van der Waals surface area contributed by atoms with Crippen molar-refractivity contribution in [3.05, 3.63) is 43.7 Å². The summed E-state index contributed by atoms with van der Waals surface area (Å²) in [6.07, 6.45) is 0. The Morgan fingerprint density at radius 2 is 2.19 bits per heavy atom. The fourth-order valence-electron chi connectivity index (χ4n) is 1.58. The molecule has 0 aromatic carbocycles. The molecule has 0 spiro atoms. The highest BCUT2D eigenvalue weighted by Gasteiger charge is 2.28. The monoisotopic (exact) mass is 315 g/mol. The number of hydrogen-bond acceptors (Lipinski definition) is 7. The number of carbonyl (C=O) groups is 1. The standard InChI is InChI=1S/C12H14NO7P/c1-4-19-12(16)8-5-7(15)11(21-3)10(20-8)9(6(2)14)13(17)18/h5,14,21H,4H2,1-3H3/b9-6-. The van der Waals surface area contributed by atoms with Crippen molar-refractivity contribution in [2.75, 3.05) is 13.3 Å². The molecule has 1 heterocycles. The lowest BCUT2D eigenvalue weighted by Crippen LogP contribution is -2.26. The van der Waals surface area contributed by atoms with Gasteiger partial charge in [-0.2, -0.15) is 0 Å². The van der Waals surface area contributed by atoms with Gasteiger partial charge in [0, 0.05) is 13.0 Å². The first-order valence-corrected chi connectivity index (χ1v) is 7.41. The highest BCUT2D eigenvalue weighted by Crippen LogP contribution is 2.21. The molecule has 1 atom stereocenters. The molecule has 0 amide bonds. The van der Waals surface area contributed by atoms with Crippen molar-refractivity contribution in [3.63, 3.8) is 0 Å². The summed E-state index contributed by atoms with van der Waals surface area (Å²) in [4.78, 5) is 33.7. The van der Waals surface area contributed by atoms with Crippen LogP contribution in [-0.2, 0) is 4.74 Å². The molecule has 8 nitrogen and oxygen atoms in total. The molecule has 21 heavy (non-hydrogen) atoms. The number of aliphatic hydroxyl groups is 1. The van der Waals surface area contributed by atoms with Crippen molar-refractivity contribution in [1.29, 1.82) is 0 Å². The number of ether oxygens (including phenoxy) is 1. The minimum absolute atomic E-state index is 0.0307. The third kappa shape index (κ3) is 3.66. The van der Waals surface area contributed by atoms with Gasteiger partial charge in [0.15, 0.2) is 11.2 Å². The Morgan fingerprint density at radius 1 is 1.57 bits per heavy atom. The van der Waals surface area contributed by atoms with E-state index in [4.69, 9.17) is 9.15 Å². The first-order chi connectivity index (χ1) is 9.83. The minimum Gasteiger partial charge on any atom is -0.506 e. The first kappa shape index (κ1) is 16.8. The summed E-state index contributed by atoms with van der Waals surface area (Å²) in [6, 6.07) is 0.928. The van der Waals surface area contributed by atoms with E-state index in [1.54, 1.807) is 13.6 Å². The third-order valence-corrected chi connectivity index (χ3v) is 3.39. The van der Waals surface area contributed by atoms with E-state index in [1.807, 2.05) is 0 Å². The largest absolute Gasteiger partial charge is 0.506 e. The molecule has 0 saturated carbocycles. The number of rotatable bonds is 5. The van der Waals surface area contributed by atoms with Crippen LogP contribution in [0.25, 0.3) is 5.70 Å². The van der Waals surface area contributed by atoms with E-state index in [-0.39, 0.29) is 20.5 Å². The fourth-order valence-corrected chi connectivity index (χ4v) is 2.29. The number of nitro groups is 1. The lowest BCUT2D eigenvalue weighted by Gasteiger charge is -2.07. The number of nitrogens with zero attached hydrogens (tertiary/aromatic N) is 1. The molecule has 0 fully saturated rings. The van der Waals surface area contributed by atoms with Crippen LogP contribution < -0.4 is 10.7 Å². The molecule has 1 unspecified atom stereocenters. The van der Waals surface area contributed by atoms with Crippen molar-refractivity contribution in [2.45, 2.75) is 13.8 Å². The molecule has 114 valence electrons. The van der Waals surface area contributed by atoms with E-state index in [1.165, 1.54) is 0 Å². The SMILES string of the molecule is CCOC(=O)c1cc(=O)c(PC)c(/C(=C(\C)O)[N+](=O)[O-])o1. The maximum Gasteiger partial charge on any atom is 0.374 e. The molecule has 0 saturated heterocycles. The maximum atomic E-state index is 12.0. The van der Waals surface area contributed by atoms with Crippen LogP contribution in [0.5, 0.6) is 0 Å². The smallest absolute Gasteiger partial charge is 0.374 e. The van der Waals surface area contributed by atoms with Crippen LogP contribution in [0.3, 0.4) is 0 Å². The van der Waals surface area contributed by atoms with Crippen LogP contribution in [-0.4, -0.2) is 29.3 Å². The number of allylic oxidation sites excluding steroid dienone is 1. The highest BCUT2D eigenvalue weighted by atomic mass is 31.1. The van der Waals surface area contributed by atoms with Crippen molar-refractivity contribution < 1.29 is 24.0 Å². The van der Waals surface area contributed by atoms with Crippen LogP contribution in [0.15, 0.2) is 21.0 Å². The van der Waals surface area contributed by atoms with Gasteiger partial charge in [-0.15, -0.1) is 0 Å². The molecule has 0 aliphatic rings. The van der Waals surface area contributed by atoms with Crippen molar-refractivity contribution in [3.8, 4) is 0 Å². The third-order valence-electron chi connectivity index (χ3n) is 2.41. The molecule has 0 aliphatic carbocycles. The summed E-state index contributed by atoms with van der Waals surface area (Å²) in [5.41, 5.74) is -1.33. The van der Waals surface area contributed by atoms with Gasteiger partial charge in [-0.1, -0.05) is 8.58 Å². The molecule has 1 aromatic heterocycles. The van der Waals surface area contributed by atoms with Crippen LogP contribution >= 0.6 is 8.58 Å². The van der Waals surface area contributed by atoms with E-state index in [0.29, 0.717) is 0 Å². The average molecular weight is 315 g/mol. The Kier molecular flexibility index (Phi) is 5.60. The van der Waals surface area contributed by atoms with E-state index < -0.39 is 39.3 Å². The van der Waals surface area contributed by atoms with Crippen LogP contribution in [0, 0.1) is 10.1 Å². The summed E-state index contributed by atoms with van der Waals surface area (Å²) < 4.78 is 9.85. The Bertz CT molecular complexity index is 658. The van der Waals surface area contributed by atoms with Gasteiger partial charge in [-0.3, -0.25) is 14.9 Å². The summed E-state index contributed by atoms with van der Waals surface area (Å²) in [6.45, 7) is 4.35. The molecular weight excluding hydrogens is 301 g/mol. The van der Waals surface area contributed by atoms with Gasteiger partial charge in [-0.25, -0.2) is 4.79 Å². The van der Waals surface area contributed by atoms with E-state index >= 15 is 0 Å². The van der Waals surface area contributed by atoms with Gasteiger partial charge in [0.05, 0.1) is 16.8 Å². The highest BCUT2D eigenvalue weighted by molar-refractivity contribution is 7.46. The molecule has 0 radical (unpaired) electrons. The molecule has 1 rings (SSSR count). The van der Waals surface area contributed by atoms with Gasteiger partial charge in [0.1, 0.15) is 0 Å². The van der Waals surface area contributed by atoms with Gasteiger partial charge in [0.25, 0.3) is 0 Å². The number of carbonyl (C=O) groups excluding carboxylic acids is 1. The lowest BCUT2D eigenvalue weighted by molar-refractivity contribution is -0.379. The lowest BCUT2D eigenvalue weighted by atomic mass is 10.2. The molecule has 0 bridgehead atoms. The molecule has 1 aromatic rings. The predicted octanol–water partition coefficient (Wildman–Crippen LogP) is 1.27. The van der Waals surface area contributed by atoms with Gasteiger partial charge in [0.2, 0.25) is 11.5 Å². The zero-order valence-electron chi connectivity index (χ0n) is 11.6. The molecule has 1 N–H and O–H groups in total.